The maximum Gasteiger partial charge on any atom is 0.124 e. The number of hydrogen-bond acceptors (Lipinski definition) is 4. The van der Waals surface area contributed by atoms with Gasteiger partial charge in [-0.25, -0.2) is 0 Å². The minimum Gasteiger partial charge on any atom is -0.489 e. The number of ether oxygens (including phenoxy) is 2. The number of nitrogens with one attached hydrogen (secondary N) is 1. The molecular formula is C19H24N2O2. The fourth-order valence-corrected chi connectivity index (χ4v) is 2.77. The van der Waals surface area contributed by atoms with Crippen LogP contribution < -0.4 is 15.8 Å². The van der Waals surface area contributed by atoms with E-state index in [-0.39, 0.29) is 0 Å². The van der Waals surface area contributed by atoms with Crippen LogP contribution in [0.3, 0.4) is 0 Å². The van der Waals surface area contributed by atoms with Crippen molar-refractivity contribution in [1.29, 1.82) is 0 Å². The molecule has 4 heteroatoms. The standard InChI is InChI=1S/C19H24N2O2/c20-17-6-7-19(23-14-15-4-2-1-3-5-15)16(12-17)13-21-18-8-10-22-11-9-18/h1-7,12,18,21H,8-11,13-14,20H2. The van der Waals surface area contributed by atoms with E-state index in [0.29, 0.717) is 12.6 Å². The average Bonchev–Trinajstić information content (AvgIpc) is 2.61. The zero-order chi connectivity index (χ0) is 15.9. The predicted molar refractivity (Wildman–Crippen MR) is 92.3 cm³/mol. The Balaban J connectivity index is 1.62. The van der Waals surface area contributed by atoms with E-state index < -0.39 is 0 Å². The average molecular weight is 312 g/mol. The summed E-state index contributed by atoms with van der Waals surface area (Å²) < 4.78 is 11.4. The first-order valence-corrected chi connectivity index (χ1v) is 8.17. The quantitative estimate of drug-likeness (QED) is 0.805. The number of nitrogen functional groups attached to an aromatic ring is 1. The first kappa shape index (κ1) is 15.8. The minimum absolute atomic E-state index is 0.507. The zero-order valence-corrected chi connectivity index (χ0v) is 13.3. The van der Waals surface area contributed by atoms with Crippen LogP contribution in [-0.2, 0) is 17.9 Å². The summed E-state index contributed by atoms with van der Waals surface area (Å²) in [5.41, 5.74) is 8.97. The monoisotopic (exact) mass is 312 g/mol. The molecule has 0 amide bonds. The van der Waals surface area contributed by atoms with Crippen molar-refractivity contribution in [3.8, 4) is 5.75 Å². The number of anilines is 1. The summed E-state index contributed by atoms with van der Waals surface area (Å²) in [6.07, 6.45) is 2.12. The summed E-state index contributed by atoms with van der Waals surface area (Å²) in [5.74, 6) is 0.891. The molecule has 0 spiro atoms. The van der Waals surface area contributed by atoms with E-state index in [2.05, 4.69) is 17.4 Å². The summed E-state index contributed by atoms with van der Waals surface area (Å²) in [5, 5.41) is 3.59. The van der Waals surface area contributed by atoms with E-state index in [1.165, 1.54) is 0 Å². The molecule has 0 atom stereocenters. The Morgan fingerprint density at radius 2 is 1.87 bits per heavy atom. The van der Waals surface area contributed by atoms with Crippen molar-refractivity contribution in [2.24, 2.45) is 0 Å². The van der Waals surface area contributed by atoms with Crippen LogP contribution in [0.5, 0.6) is 5.75 Å². The zero-order valence-electron chi connectivity index (χ0n) is 13.3. The van der Waals surface area contributed by atoms with Crippen LogP contribution in [0.1, 0.15) is 24.0 Å². The molecule has 23 heavy (non-hydrogen) atoms. The van der Waals surface area contributed by atoms with Crippen molar-refractivity contribution in [2.45, 2.75) is 32.0 Å². The van der Waals surface area contributed by atoms with Crippen LogP contribution >= 0.6 is 0 Å². The number of hydrogen-bond donors (Lipinski definition) is 2. The third-order valence-electron chi connectivity index (χ3n) is 4.12. The van der Waals surface area contributed by atoms with E-state index in [4.69, 9.17) is 15.2 Å². The van der Waals surface area contributed by atoms with Gasteiger partial charge < -0.3 is 20.5 Å². The molecule has 1 heterocycles. The lowest BCUT2D eigenvalue weighted by Crippen LogP contribution is -2.34. The van der Waals surface area contributed by atoms with Gasteiger partial charge in [0.1, 0.15) is 12.4 Å². The normalized spacial score (nSPS) is 15.5. The smallest absolute Gasteiger partial charge is 0.124 e. The minimum atomic E-state index is 0.507. The molecule has 2 aromatic rings. The van der Waals surface area contributed by atoms with Gasteiger partial charge in [0.15, 0.2) is 0 Å². The van der Waals surface area contributed by atoms with Gasteiger partial charge in [0, 0.05) is 37.1 Å². The van der Waals surface area contributed by atoms with Crippen molar-refractivity contribution in [3.05, 3.63) is 59.7 Å². The van der Waals surface area contributed by atoms with Crippen molar-refractivity contribution in [1.82, 2.24) is 5.32 Å². The fraction of sp³-hybridized carbons (Fsp3) is 0.368. The summed E-state index contributed by atoms with van der Waals surface area (Å²) in [7, 11) is 0. The predicted octanol–water partition coefficient (Wildman–Crippen LogP) is 3.12. The summed E-state index contributed by atoms with van der Waals surface area (Å²) in [6.45, 7) is 3.01. The molecular weight excluding hydrogens is 288 g/mol. The Bertz CT molecular complexity index is 610. The Kier molecular flexibility index (Phi) is 5.51. The van der Waals surface area contributed by atoms with Crippen LogP contribution in [0, 0.1) is 0 Å². The number of nitrogens with two attached hydrogens (primary N) is 1. The molecule has 1 aliphatic rings. The Morgan fingerprint density at radius 1 is 1.09 bits per heavy atom. The lowest BCUT2D eigenvalue weighted by molar-refractivity contribution is 0.0775. The lowest BCUT2D eigenvalue weighted by atomic mass is 10.1. The first-order valence-electron chi connectivity index (χ1n) is 8.17. The molecule has 0 bridgehead atoms. The van der Waals surface area contributed by atoms with Crippen molar-refractivity contribution < 1.29 is 9.47 Å². The molecule has 1 saturated heterocycles. The van der Waals surface area contributed by atoms with Crippen molar-refractivity contribution >= 4 is 5.69 Å². The van der Waals surface area contributed by atoms with Gasteiger partial charge in [-0.3, -0.25) is 0 Å². The largest absolute Gasteiger partial charge is 0.489 e. The van der Waals surface area contributed by atoms with Gasteiger partial charge in [0.25, 0.3) is 0 Å². The van der Waals surface area contributed by atoms with E-state index in [1.807, 2.05) is 36.4 Å². The lowest BCUT2D eigenvalue weighted by Gasteiger charge is -2.24. The van der Waals surface area contributed by atoms with Crippen LogP contribution in [0.25, 0.3) is 0 Å². The van der Waals surface area contributed by atoms with E-state index in [1.54, 1.807) is 0 Å². The first-order chi connectivity index (χ1) is 11.3. The molecule has 122 valence electrons. The summed E-state index contributed by atoms with van der Waals surface area (Å²) in [4.78, 5) is 0. The highest BCUT2D eigenvalue weighted by Gasteiger charge is 2.14. The highest BCUT2D eigenvalue weighted by Crippen LogP contribution is 2.23. The molecule has 3 N–H and O–H groups in total. The van der Waals surface area contributed by atoms with Gasteiger partial charge in [-0.1, -0.05) is 30.3 Å². The maximum absolute atomic E-state index is 6.00. The Labute approximate surface area is 137 Å². The van der Waals surface area contributed by atoms with Crippen molar-refractivity contribution in [2.75, 3.05) is 18.9 Å². The number of rotatable bonds is 6. The molecule has 0 aliphatic carbocycles. The van der Waals surface area contributed by atoms with Gasteiger partial charge in [0.2, 0.25) is 0 Å². The second kappa shape index (κ2) is 7.99. The topological polar surface area (TPSA) is 56.5 Å². The number of benzene rings is 2. The molecule has 4 nitrogen and oxygen atoms in total. The van der Waals surface area contributed by atoms with Gasteiger partial charge in [-0.2, -0.15) is 0 Å². The van der Waals surface area contributed by atoms with Gasteiger partial charge in [-0.05, 0) is 36.6 Å². The molecule has 0 aromatic heterocycles. The van der Waals surface area contributed by atoms with Crippen LogP contribution in [0.15, 0.2) is 48.5 Å². The fourth-order valence-electron chi connectivity index (χ4n) is 2.77. The summed E-state index contributed by atoms with van der Waals surface area (Å²) >= 11 is 0. The maximum atomic E-state index is 6.00. The van der Waals surface area contributed by atoms with Gasteiger partial charge in [0.05, 0.1) is 0 Å². The second-order valence-corrected chi connectivity index (χ2v) is 5.91. The van der Waals surface area contributed by atoms with Crippen molar-refractivity contribution in [3.63, 3.8) is 0 Å². The SMILES string of the molecule is Nc1ccc(OCc2ccccc2)c(CNC2CCOCC2)c1. The molecule has 3 rings (SSSR count). The molecule has 0 radical (unpaired) electrons. The van der Waals surface area contributed by atoms with Crippen LogP contribution in [0.2, 0.25) is 0 Å². The van der Waals surface area contributed by atoms with E-state index in [0.717, 1.165) is 55.2 Å². The van der Waals surface area contributed by atoms with Crippen LogP contribution in [0.4, 0.5) is 5.69 Å². The van der Waals surface area contributed by atoms with Gasteiger partial charge in [-0.15, -0.1) is 0 Å². The molecule has 2 aromatic carbocycles. The van der Waals surface area contributed by atoms with E-state index >= 15 is 0 Å². The van der Waals surface area contributed by atoms with Gasteiger partial charge >= 0.3 is 0 Å². The molecule has 1 fully saturated rings. The van der Waals surface area contributed by atoms with Crippen LogP contribution in [-0.4, -0.2) is 19.3 Å². The Hall–Kier alpha value is -2.04. The third kappa shape index (κ3) is 4.71. The van der Waals surface area contributed by atoms with E-state index in [9.17, 15) is 0 Å². The third-order valence-corrected chi connectivity index (χ3v) is 4.12. The molecule has 0 unspecified atom stereocenters. The highest BCUT2D eigenvalue weighted by molar-refractivity contribution is 5.48. The summed E-state index contributed by atoms with van der Waals surface area (Å²) in [6, 6.07) is 16.5. The Morgan fingerprint density at radius 3 is 2.65 bits per heavy atom. The molecule has 1 aliphatic heterocycles. The highest BCUT2D eigenvalue weighted by atomic mass is 16.5. The second-order valence-electron chi connectivity index (χ2n) is 5.91. The molecule has 0 saturated carbocycles.